The van der Waals surface area contributed by atoms with Gasteiger partial charge in [0.2, 0.25) is 5.91 Å². The lowest BCUT2D eigenvalue weighted by Crippen LogP contribution is -2.41. The van der Waals surface area contributed by atoms with E-state index in [9.17, 15) is 9.90 Å². The number of hydrogen-bond acceptors (Lipinski definition) is 3. The highest BCUT2D eigenvalue weighted by atomic mass is 16.5. The van der Waals surface area contributed by atoms with Gasteiger partial charge >= 0.3 is 0 Å². The number of aryl methyl sites for hydroxylation is 1. The summed E-state index contributed by atoms with van der Waals surface area (Å²) in [7, 11) is 1.57. The summed E-state index contributed by atoms with van der Waals surface area (Å²) < 4.78 is 5.00. The molecule has 4 atom stereocenters. The fourth-order valence-electron chi connectivity index (χ4n) is 3.56. The Morgan fingerprint density at radius 1 is 1.50 bits per heavy atom. The first kappa shape index (κ1) is 13.6. The second-order valence-electron chi connectivity index (χ2n) is 5.80. The van der Waals surface area contributed by atoms with Crippen LogP contribution >= 0.6 is 0 Å². The lowest BCUT2D eigenvalue weighted by Gasteiger charge is -2.15. The molecule has 2 aliphatic carbocycles. The van der Waals surface area contributed by atoms with Gasteiger partial charge in [-0.2, -0.15) is 0 Å². The number of aliphatic hydroxyl groups is 1. The first-order valence-electron chi connectivity index (χ1n) is 7.24. The maximum Gasteiger partial charge on any atom is 0.224 e. The number of nitrogens with one attached hydrogen (secondary N) is 1. The summed E-state index contributed by atoms with van der Waals surface area (Å²) in [5, 5.41) is 12.1. The normalized spacial score (nSPS) is 28.2. The van der Waals surface area contributed by atoms with Gasteiger partial charge in [-0.05, 0) is 35.8 Å². The van der Waals surface area contributed by atoms with Crippen molar-refractivity contribution >= 4 is 5.91 Å². The van der Waals surface area contributed by atoms with Crippen LogP contribution < -0.4 is 5.32 Å². The zero-order valence-corrected chi connectivity index (χ0v) is 11.7. The number of carbonyl (C=O) groups excluding carboxylic acids is 1. The zero-order chi connectivity index (χ0) is 14.1. The smallest absolute Gasteiger partial charge is 0.224 e. The van der Waals surface area contributed by atoms with Crippen LogP contribution in [-0.4, -0.2) is 37.4 Å². The summed E-state index contributed by atoms with van der Waals surface area (Å²) >= 11 is 0. The summed E-state index contributed by atoms with van der Waals surface area (Å²) in [4.78, 5) is 12.3. The van der Waals surface area contributed by atoms with E-state index in [0.717, 1.165) is 12.8 Å². The van der Waals surface area contributed by atoms with Gasteiger partial charge in [-0.1, -0.05) is 24.3 Å². The standard InChI is InChI=1S/C16H21NO3/c1-20-9-11(8-18)17-16(19)15-13-7-6-10-4-2-3-5-12(10)14(13)15/h2-5,11,13-15,18H,6-9H2,1H3,(H,17,19). The quantitative estimate of drug-likeness (QED) is 0.845. The van der Waals surface area contributed by atoms with E-state index in [0.29, 0.717) is 18.4 Å². The van der Waals surface area contributed by atoms with Gasteiger partial charge in [0.1, 0.15) is 0 Å². The number of rotatable bonds is 5. The van der Waals surface area contributed by atoms with Gasteiger partial charge in [0.05, 0.1) is 19.3 Å². The lowest BCUT2D eigenvalue weighted by molar-refractivity contribution is -0.124. The van der Waals surface area contributed by atoms with Gasteiger partial charge in [-0.15, -0.1) is 0 Å². The number of hydrogen-bond donors (Lipinski definition) is 2. The van der Waals surface area contributed by atoms with E-state index in [-0.39, 0.29) is 24.5 Å². The van der Waals surface area contributed by atoms with E-state index in [4.69, 9.17) is 4.74 Å². The van der Waals surface area contributed by atoms with Crippen LogP contribution in [-0.2, 0) is 16.0 Å². The minimum absolute atomic E-state index is 0.0628. The predicted molar refractivity (Wildman–Crippen MR) is 75.4 cm³/mol. The molecule has 0 radical (unpaired) electrons. The molecule has 20 heavy (non-hydrogen) atoms. The Kier molecular flexibility index (Phi) is 3.76. The van der Waals surface area contributed by atoms with Crippen LogP contribution in [0.4, 0.5) is 0 Å². The van der Waals surface area contributed by atoms with Crippen LogP contribution in [0.2, 0.25) is 0 Å². The average Bonchev–Trinajstić information content (AvgIpc) is 3.21. The van der Waals surface area contributed by atoms with Crippen LogP contribution in [0.1, 0.15) is 23.5 Å². The fourth-order valence-corrected chi connectivity index (χ4v) is 3.56. The second-order valence-corrected chi connectivity index (χ2v) is 5.80. The van der Waals surface area contributed by atoms with E-state index in [1.165, 1.54) is 11.1 Å². The molecule has 2 N–H and O–H groups in total. The Morgan fingerprint density at radius 2 is 2.30 bits per heavy atom. The van der Waals surface area contributed by atoms with Gasteiger partial charge in [-0.25, -0.2) is 0 Å². The molecule has 1 aromatic rings. The molecule has 3 rings (SSSR count). The van der Waals surface area contributed by atoms with E-state index in [2.05, 4.69) is 29.6 Å². The first-order valence-corrected chi connectivity index (χ1v) is 7.24. The largest absolute Gasteiger partial charge is 0.394 e. The summed E-state index contributed by atoms with van der Waals surface area (Å²) in [5.41, 5.74) is 2.73. The van der Waals surface area contributed by atoms with Crippen molar-refractivity contribution in [3.05, 3.63) is 35.4 Å². The molecule has 108 valence electrons. The Morgan fingerprint density at radius 3 is 3.05 bits per heavy atom. The molecule has 1 saturated carbocycles. The molecule has 0 spiro atoms. The van der Waals surface area contributed by atoms with Crippen LogP contribution in [0.25, 0.3) is 0 Å². The molecule has 0 bridgehead atoms. The molecule has 0 aliphatic heterocycles. The zero-order valence-electron chi connectivity index (χ0n) is 11.7. The van der Waals surface area contributed by atoms with E-state index in [1.54, 1.807) is 7.11 Å². The Hall–Kier alpha value is -1.39. The van der Waals surface area contributed by atoms with Crippen molar-refractivity contribution in [2.45, 2.75) is 24.8 Å². The van der Waals surface area contributed by atoms with Gasteiger partial charge in [0.25, 0.3) is 0 Å². The molecule has 4 nitrogen and oxygen atoms in total. The van der Waals surface area contributed by atoms with Crippen LogP contribution in [0.5, 0.6) is 0 Å². The third-order valence-electron chi connectivity index (χ3n) is 4.57. The topological polar surface area (TPSA) is 58.6 Å². The summed E-state index contributed by atoms with van der Waals surface area (Å²) in [5.74, 6) is 0.992. The third kappa shape index (κ3) is 2.34. The van der Waals surface area contributed by atoms with Crippen LogP contribution in [0.3, 0.4) is 0 Å². The molecule has 4 heteroatoms. The van der Waals surface area contributed by atoms with E-state index < -0.39 is 0 Å². The van der Waals surface area contributed by atoms with E-state index >= 15 is 0 Å². The minimum atomic E-state index is -0.301. The number of methoxy groups -OCH3 is 1. The van der Waals surface area contributed by atoms with Crippen molar-refractivity contribution < 1.29 is 14.6 Å². The highest BCUT2D eigenvalue weighted by Crippen LogP contribution is 2.59. The number of aliphatic hydroxyl groups excluding tert-OH is 1. The van der Waals surface area contributed by atoms with Crippen molar-refractivity contribution in [1.82, 2.24) is 5.32 Å². The van der Waals surface area contributed by atoms with Crippen LogP contribution in [0, 0.1) is 11.8 Å². The molecule has 0 aromatic heterocycles. The number of ether oxygens (including phenoxy) is 1. The molecule has 4 unspecified atom stereocenters. The molecule has 0 saturated heterocycles. The van der Waals surface area contributed by atoms with Crippen molar-refractivity contribution in [3.8, 4) is 0 Å². The average molecular weight is 275 g/mol. The Labute approximate surface area is 119 Å². The maximum atomic E-state index is 12.3. The Balaban J connectivity index is 1.68. The van der Waals surface area contributed by atoms with Gasteiger partial charge in [-0.3, -0.25) is 4.79 Å². The molecule has 1 amide bonds. The number of fused-ring (bicyclic) bond motifs is 3. The molecule has 0 heterocycles. The van der Waals surface area contributed by atoms with Crippen molar-refractivity contribution in [2.75, 3.05) is 20.3 Å². The van der Waals surface area contributed by atoms with Gasteiger partial charge in [0, 0.05) is 13.0 Å². The minimum Gasteiger partial charge on any atom is -0.394 e. The highest BCUT2D eigenvalue weighted by Gasteiger charge is 2.57. The molecule has 1 fully saturated rings. The van der Waals surface area contributed by atoms with Gasteiger partial charge < -0.3 is 15.2 Å². The van der Waals surface area contributed by atoms with Crippen molar-refractivity contribution in [1.29, 1.82) is 0 Å². The van der Waals surface area contributed by atoms with E-state index in [1.807, 2.05) is 0 Å². The van der Waals surface area contributed by atoms with Crippen LogP contribution in [0.15, 0.2) is 24.3 Å². The number of benzene rings is 1. The monoisotopic (exact) mass is 275 g/mol. The summed E-state index contributed by atoms with van der Waals surface area (Å²) in [6.07, 6.45) is 2.16. The number of carbonyl (C=O) groups is 1. The van der Waals surface area contributed by atoms with Crippen molar-refractivity contribution in [2.24, 2.45) is 11.8 Å². The number of amides is 1. The molecular weight excluding hydrogens is 254 g/mol. The highest BCUT2D eigenvalue weighted by molar-refractivity contribution is 5.84. The van der Waals surface area contributed by atoms with Crippen molar-refractivity contribution in [3.63, 3.8) is 0 Å². The second kappa shape index (κ2) is 5.54. The Bertz CT molecular complexity index is 502. The summed E-state index contributed by atoms with van der Waals surface area (Å²) in [6.45, 7) is 0.263. The summed E-state index contributed by atoms with van der Waals surface area (Å²) in [6, 6.07) is 8.14. The van der Waals surface area contributed by atoms with Gasteiger partial charge in [0.15, 0.2) is 0 Å². The lowest BCUT2D eigenvalue weighted by atomic mass is 9.92. The maximum absolute atomic E-state index is 12.3. The molecule has 2 aliphatic rings. The molecule has 1 aromatic carbocycles. The predicted octanol–water partition coefficient (Wildman–Crippen LogP) is 1.09. The SMILES string of the molecule is COCC(CO)NC(=O)C1C2CCc3ccccc3C21. The third-order valence-corrected chi connectivity index (χ3v) is 4.57. The fraction of sp³-hybridized carbons (Fsp3) is 0.562. The molecular formula is C16H21NO3. The first-order chi connectivity index (χ1) is 9.76.